The van der Waals surface area contributed by atoms with E-state index in [4.69, 9.17) is 0 Å². The van der Waals surface area contributed by atoms with Crippen molar-refractivity contribution in [3.63, 3.8) is 0 Å². The minimum atomic E-state index is -0.670. The fourth-order valence-electron chi connectivity index (χ4n) is 2.77. The van der Waals surface area contributed by atoms with Gasteiger partial charge in [-0.05, 0) is 35.4 Å². The fourth-order valence-corrected chi connectivity index (χ4v) is 2.77. The summed E-state index contributed by atoms with van der Waals surface area (Å²) < 4.78 is 26.7. The summed E-state index contributed by atoms with van der Waals surface area (Å²) in [7, 11) is 0. The van der Waals surface area contributed by atoms with Crippen LogP contribution in [-0.2, 0) is 4.79 Å². The van der Waals surface area contributed by atoms with Gasteiger partial charge >= 0.3 is 0 Å². The first-order valence-corrected chi connectivity index (χ1v) is 8.00. The summed E-state index contributed by atoms with van der Waals surface area (Å²) in [5, 5.41) is 7.73. The molecule has 0 bridgehead atoms. The topological polar surface area (TPSA) is 41.1 Å². The van der Waals surface area contributed by atoms with E-state index < -0.39 is 17.5 Å². The Balaban J connectivity index is 1.66. The first-order chi connectivity index (χ1) is 12.0. The normalized spacial score (nSPS) is 12.1. The smallest absolute Gasteiger partial charge is 0.238 e. The molecule has 2 N–H and O–H groups in total. The van der Waals surface area contributed by atoms with Crippen LogP contribution in [0.2, 0.25) is 0 Å². The monoisotopic (exact) mass is 340 g/mol. The number of hydrogen-bond donors (Lipinski definition) is 2. The highest BCUT2D eigenvalue weighted by molar-refractivity contribution is 5.92. The third kappa shape index (κ3) is 4.00. The molecule has 3 nitrogen and oxygen atoms in total. The third-order valence-electron chi connectivity index (χ3n) is 4.06. The van der Waals surface area contributed by atoms with Gasteiger partial charge in [-0.2, -0.15) is 0 Å². The maximum Gasteiger partial charge on any atom is 0.238 e. The van der Waals surface area contributed by atoms with Crippen LogP contribution >= 0.6 is 0 Å². The van der Waals surface area contributed by atoms with Gasteiger partial charge in [0.05, 0.1) is 12.2 Å². The molecule has 25 heavy (non-hydrogen) atoms. The van der Waals surface area contributed by atoms with Gasteiger partial charge in [0, 0.05) is 12.1 Å². The molecule has 1 atom stereocenters. The molecule has 0 radical (unpaired) electrons. The number of nitrogens with one attached hydrogen (secondary N) is 2. The average Bonchev–Trinajstić information content (AvgIpc) is 2.62. The van der Waals surface area contributed by atoms with Crippen molar-refractivity contribution in [3.8, 4) is 0 Å². The van der Waals surface area contributed by atoms with E-state index in [0.29, 0.717) is 0 Å². The highest BCUT2D eigenvalue weighted by Gasteiger charge is 2.12. The minimum absolute atomic E-state index is 0.0136. The van der Waals surface area contributed by atoms with Gasteiger partial charge in [0.25, 0.3) is 0 Å². The van der Waals surface area contributed by atoms with Crippen molar-refractivity contribution in [1.82, 2.24) is 5.32 Å². The maximum atomic E-state index is 13.6. The van der Waals surface area contributed by atoms with Crippen LogP contribution < -0.4 is 10.6 Å². The summed E-state index contributed by atoms with van der Waals surface area (Å²) in [6.45, 7) is 1.94. The molecule has 0 saturated heterocycles. The predicted octanol–water partition coefficient (Wildman–Crippen LogP) is 4.41. The van der Waals surface area contributed by atoms with Gasteiger partial charge in [-0.3, -0.25) is 4.79 Å². The molecule has 1 amide bonds. The lowest BCUT2D eigenvalue weighted by atomic mass is 10.00. The van der Waals surface area contributed by atoms with Gasteiger partial charge in [0.1, 0.15) is 11.6 Å². The van der Waals surface area contributed by atoms with E-state index in [9.17, 15) is 13.6 Å². The Kier molecular flexibility index (Phi) is 5.05. The predicted molar refractivity (Wildman–Crippen MR) is 95.4 cm³/mol. The molecule has 3 aromatic carbocycles. The molecule has 0 aliphatic heterocycles. The molecule has 0 aliphatic carbocycles. The van der Waals surface area contributed by atoms with Gasteiger partial charge in [-0.25, -0.2) is 8.78 Å². The number of fused-ring (bicyclic) bond motifs is 1. The second kappa shape index (κ2) is 7.40. The minimum Gasteiger partial charge on any atom is -0.322 e. The van der Waals surface area contributed by atoms with Gasteiger partial charge in [-0.1, -0.05) is 42.5 Å². The first-order valence-electron chi connectivity index (χ1n) is 8.00. The van der Waals surface area contributed by atoms with E-state index in [-0.39, 0.29) is 18.3 Å². The van der Waals surface area contributed by atoms with Gasteiger partial charge in [0.2, 0.25) is 5.91 Å². The molecular formula is C20H18F2N2O. The quantitative estimate of drug-likeness (QED) is 0.722. The van der Waals surface area contributed by atoms with E-state index in [0.717, 1.165) is 34.5 Å². The van der Waals surface area contributed by atoms with Crippen molar-refractivity contribution in [3.05, 3.63) is 77.9 Å². The Morgan fingerprint density at radius 1 is 1.04 bits per heavy atom. The lowest BCUT2D eigenvalue weighted by molar-refractivity contribution is -0.115. The third-order valence-corrected chi connectivity index (χ3v) is 4.06. The highest BCUT2D eigenvalue weighted by atomic mass is 19.1. The van der Waals surface area contributed by atoms with Crippen LogP contribution in [0.25, 0.3) is 10.8 Å². The van der Waals surface area contributed by atoms with Gasteiger partial charge in [-0.15, -0.1) is 0 Å². The van der Waals surface area contributed by atoms with Crippen molar-refractivity contribution < 1.29 is 13.6 Å². The summed E-state index contributed by atoms with van der Waals surface area (Å²) in [6.07, 6.45) is 0. The van der Waals surface area contributed by atoms with Gasteiger partial charge in [0.15, 0.2) is 0 Å². The standard InChI is InChI=1S/C20H18F2N2O/c1-13(16-8-4-6-14-5-2-3-7-17(14)16)23-12-20(25)24-19-11-15(21)9-10-18(19)22/h2-11,13,23H,12H2,1H3,(H,24,25)/t13-/m0/s1. The second-order valence-corrected chi connectivity index (χ2v) is 5.84. The Morgan fingerprint density at radius 2 is 1.80 bits per heavy atom. The van der Waals surface area contributed by atoms with Crippen LogP contribution in [0, 0.1) is 11.6 Å². The second-order valence-electron chi connectivity index (χ2n) is 5.84. The number of halogens is 2. The van der Waals surface area contributed by atoms with E-state index in [2.05, 4.69) is 10.6 Å². The number of anilines is 1. The Hall–Kier alpha value is -2.79. The van der Waals surface area contributed by atoms with E-state index >= 15 is 0 Å². The number of carbonyl (C=O) groups is 1. The van der Waals surface area contributed by atoms with Crippen LogP contribution in [0.15, 0.2) is 60.7 Å². The zero-order valence-corrected chi connectivity index (χ0v) is 13.7. The molecule has 3 aromatic rings. The summed E-state index contributed by atoms with van der Waals surface area (Å²) in [5.74, 6) is -1.71. The molecular weight excluding hydrogens is 322 g/mol. The Morgan fingerprint density at radius 3 is 2.64 bits per heavy atom. The van der Waals surface area contributed by atoms with Crippen LogP contribution in [-0.4, -0.2) is 12.5 Å². The summed E-state index contributed by atoms with van der Waals surface area (Å²) in [5.41, 5.74) is 0.910. The molecule has 5 heteroatoms. The molecule has 0 fully saturated rings. The lowest BCUT2D eigenvalue weighted by Crippen LogP contribution is -2.30. The van der Waals surface area contributed by atoms with E-state index in [1.807, 2.05) is 49.4 Å². The summed E-state index contributed by atoms with van der Waals surface area (Å²) >= 11 is 0. The van der Waals surface area contributed by atoms with Crippen LogP contribution in [0.3, 0.4) is 0 Å². The van der Waals surface area contributed by atoms with Crippen molar-refractivity contribution in [2.24, 2.45) is 0 Å². The average molecular weight is 340 g/mol. The van der Waals surface area contributed by atoms with Crippen LogP contribution in [0.1, 0.15) is 18.5 Å². The molecule has 0 saturated carbocycles. The van der Waals surface area contributed by atoms with Crippen LogP contribution in [0.5, 0.6) is 0 Å². The number of benzene rings is 3. The lowest BCUT2D eigenvalue weighted by Gasteiger charge is -2.16. The summed E-state index contributed by atoms with van der Waals surface area (Å²) in [6, 6.07) is 16.9. The first kappa shape index (κ1) is 17.0. The molecule has 0 heterocycles. The zero-order chi connectivity index (χ0) is 17.8. The maximum absolute atomic E-state index is 13.6. The molecule has 128 valence electrons. The zero-order valence-electron chi connectivity index (χ0n) is 13.7. The van der Waals surface area contributed by atoms with Crippen molar-refractivity contribution >= 4 is 22.4 Å². The van der Waals surface area contributed by atoms with Crippen molar-refractivity contribution in [1.29, 1.82) is 0 Å². The summed E-state index contributed by atoms with van der Waals surface area (Å²) in [4.78, 5) is 12.0. The largest absolute Gasteiger partial charge is 0.322 e. The number of hydrogen-bond acceptors (Lipinski definition) is 2. The molecule has 0 aliphatic rings. The van der Waals surface area contributed by atoms with E-state index in [1.54, 1.807) is 0 Å². The molecule has 0 spiro atoms. The molecule has 0 aromatic heterocycles. The highest BCUT2D eigenvalue weighted by Crippen LogP contribution is 2.24. The van der Waals surface area contributed by atoms with E-state index in [1.165, 1.54) is 0 Å². The van der Waals surface area contributed by atoms with Crippen LogP contribution in [0.4, 0.5) is 14.5 Å². The SMILES string of the molecule is C[C@H](NCC(=O)Nc1cc(F)ccc1F)c1cccc2ccccc12. The van der Waals surface area contributed by atoms with Crippen molar-refractivity contribution in [2.45, 2.75) is 13.0 Å². The number of rotatable bonds is 5. The van der Waals surface area contributed by atoms with Gasteiger partial charge < -0.3 is 10.6 Å². The Bertz CT molecular complexity index is 906. The number of amides is 1. The Labute approximate surface area is 144 Å². The fraction of sp³-hybridized carbons (Fsp3) is 0.150. The number of carbonyl (C=O) groups excluding carboxylic acids is 1. The van der Waals surface area contributed by atoms with Crippen molar-refractivity contribution in [2.75, 3.05) is 11.9 Å². The molecule has 0 unspecified atom stereocenters. The molecule has 3 rings (SSSR count).